The van der Waals surface area contributed by atoms with Gasteiger partial charge in [0, 0.05) is 54.1 Å². The topological polar surface area (TPSA) is 62.0 Å². The highest BCUT2D eigenvalue weighted by molar-refractivity contribution is 5.92. The van der Waals surface area contributed by atoms with E-state index in [4.69, 9.17) is 4.74 Å². The number of hydrogen-bond acceptors (Lipinski definition) is 4. The minimum Gasteiger partial charge on any atom is -0.385 e. The third kappa shape index (κ3) is 4.24. The number of rotatable bonds is 8. The molecule has 1 atom stereocenters. The van der Waals surface area contributed by atoms with Crippen molar-refractivity contribution in [1.29, 1.82) is 0 Å². The average molecular weight is 439 g/mol. The predicted octanol–water partition coefficient (Wildman–Crippen LogP) is 6.63. The Bertz CT molecular complexity index is 1290. The molecule has 0 radical (unpaired) electrons. The van der Waals surface area contributed by atoms with E-state index in [0.717, 1.165) is 54.1 Å². The molecule has 0 saturated heterocycles. The summed E-state index contributed by atoms with van der Waals surface area (Å²) in [4.78, 5) is 7.97. The molecule has 5 rings (SSSR count). The Morgan fingerprint density at radius 2 is 1.97 bits per heavy atom. The second-order valence-corrected chi connectivity index (χ2v) is 8.69. The van der Waals surface area contributed by atoms with Crippen LogP contribution in [0.4, 0.5) is 17.1 Å². The van der Waals surface area contributed by atoms with Gasteiger partial charge in [0.1, 0.15) is 0 Å². The summed E-state index contributed by atoms with van der Waals surface area (Å²) < 4.78 is 5.56. The van der Waals surface area contributed by atoms with Gasteiger partial charge in [0.05, 0.1) is 17.3 Å². The van der Waals surface area contributed by atoms with E-state index in [1.54, 1.807) is 7.11 Å². The van der Waals surface area contributed by atoms with E-state index in [-0.39, 0.29) is 6.10 Å². The normalized spacial score (nSPS) is 14.9. The van der Waals surface area contributed by atoms with Gasteiger partial charge < -0.3 is 20.4 Å². The number of para-hydroxylation sites is 1. The fraction of sp³-hybridized carbons (Fsp3) is 0.250. The molecule has 2 aromatic carbocycles. The second kappa shape index (κ2) is 9.12. The van der Waals surface area contributed by atoms with Crippen LogP contribution in [0, 0.1) is 0 Å². The molecule has 33 heavy (non-hydrogen) atoms. The zero-order chi connectivity index (χ0) is 22.8. The third-order valence-electron chi connectivity index (χ3n) is 6.48. The summed E-state index contributed by atoms with van der Waals surface area (Å²) in [6, 6.07) is 16.9. The van der Waals surface area contributed by atoms with Gasteiger partial charge in [-0.25, -0.2) is 0 Å². The number of H-pyrrole nitrogens is 1. The van der Waals surface area contributed by atoms with Gasteiger partial charge in [-0.3, -0.25) is 4.98 Å². The first-order chi connectivity index (χ1) is 16.1. The van der Waals surface area contributed by atoms with Crippen LogP contribution in [-0.4, -0.2) is 23.6 Å². The minimum absolute atomic E-state index is 0.109. The molecular formula is C28H30N4O. The number of aromatic nitrogens is 2. The number of anilines is 3. The lowest BCUT2D eigenvalue weighted by Crippen LogP contribution is -2.04. The maximum Gasteiger partial charge on any atom is 0.0997 e. The van der Waals surface area contributed by atoms with Crippen molar-refractivity contribution >= 4 is 33.5 Å². The molecule has 5 nitrogen and oxygen atoms in total. The molecule has 0 fully saturated rings. The van der Waals surface area contributed by atoms with E-state index < -0.39 is 0 Å². The van der Waals surface area contributed by atoms with Crippen molar-refractivity contribution in [1.82, 2.24) is 9.97 Å². The van der Waals surface area contributed by atoms with E-state index in [1.807, 2.05) is 19.2 Å². The summed E-state index contributed by atoms with van der Waals surface area (Å²) in [5.74, 6) is 0. The van der Waals surface area contributed by atoms with Crippen LogP contribution in [0.1, 0.15) is 41.8 Å². The van der Waals surface area contributed by atoms with Gasteiger partial charge in [-0.15, -0.1) is 0 Å². The van der Waals surface area contributed by atoms with E-state index >= 15 is 0 Å². The van der Waals surface area contributed by atoms with Crippen molar-refractivity contribution in [3.8, 4) is 0 Å². The SMILES string of the molecule is C=C(C)c1cccc2c(CCNc3ccc(Nc4ccnc5c4CCC5OC)cc3)c[nH]c12. The second-order valence-electron chi connectivity index (χ2n) is 8.69. The zero-order valence-corrected chi connectivity index (χ0v) is 19.2. The number of fused-ring (bicyclic) bond motifs is 2. The Hall–Kier alpha value is -3.57. The third-order valence-corrected chi connectivity index (χ3v) is 6.48. The molecule has 1 unspecified atom stereocenters. The average Bonchev–Trinajstić information content (AvgIpc) is 3.45. The number of methoxy groups -OCH3 is 1. The highest BCUT2D eigenvalue weighted by Gasteiger charge is 2.25. The summed E-state index contributed by atoms with van der Waals surface area (Å²) in [7, 11) is 1.76. The van der Waals surface area contributed by atoms with E-state index in [1.165, 1.54) is 27.6 Å². The molecule has 5 heteroatoms. The van der Waals surface area contributed by atoms with Crippen molar-refractivity contribution in [2.45, 2.75) is 32.3 Å². The molecule has 0 bridgehead atoms. The number of allylic oxidation sites excluding steroid dienone is 1. The van der Waals surface area contributed by atoms with Crippen molar-refractivity contribution in [3.05, 3.63) is 89.9 Å². The van der Waals surface area contributed by atoms with Crippen LogP contribution in [0.2, 0.25) is 0 Å². The van der Waals surface area contributed by atoms with E-state index in [9.17, 15) is 0 Å². The van der Waals surface area contributed by atoms with Crippen LogP contribution in [0.15, 0.2) is 67.5 Å². The smallest absolute Gasteiger partial charge is 0.0997 e. The van der Waals surface area contributed by atoms with Gasteiger partial charge in [-0.1, -0.05) is 24.8 Å². The molecule has 0 amide bonds. The maximum absolute atomic E-state index is 5.56. The minimum atomic E-state index is 0.109. The van der Waals surface area contributed by atoms with E-state index in [0.29, 0.717) is 0 Å². The van der Waals surface area contributed by atoms with Gasteiger partial charge in [-0.2, -0.15) is 0 Å². The highest BCUT2D eigenvalue weighted by Crippen LogP contribution is 2.37. The van der Waals surface area contributed by atoms with Crippen LogP contribution >= 0.6 is 0 Å². The van der Waals surface area contributed by atoms with Crippen molar-refractivity contribution < 1.29 is 4.74 Å². The van der Waals surface area contributed by atoms with Gasteiger partial charge >= 0.3 is 0 Å². The summed E-state index contributed by atoms with van der Waals surface area (Å²) in [6.07, 6.45) is 7.02. The standard InChI is InChI=1S/C28H30N4O/c1-18(2)22-5-4-6-23-19(17-31-27(22)23)13-15-29-20-7-9-21(10-8-20)32-25-14-16-30-28-24(25)11-12-26(28)33-3/h4-10,14,16-17,26,29,31H,1,11-13,15H2,2-3H3,(H,30,32). The first-order valence-corrected chi connectivity index (χ1v) is 11.5. The molecule has 1 aliphatic rings. The lowest BCUT2D eigenvalue weighted by molar-refractivity contribution is 0.102. The molecule has 0 spiro atoms. The Balaban J connectivity index is 1.21. The van der Waals surface area contributed by atoms with Gasteiger partial charge in [-0.05, 0) is 73.2 Å². The molecule has 168 valence electrons. The summed E-state index contributed by atoms with van der Waals surface area (Å²) in [5, 5.41) is 8.38. The maximum atomic E-state index is 5.56. The van der Waals surface area contributed by atoms with Gasteiger partial charge in [0.25, 0.3) is 0 Å². The number of nitrogens with one attached hydrogen (secondary N) is 3. The number of pyridine rings is 1. The lowest BCUT2D eigenvalue weighted by Gasteiger charge is -2.13. The van der Waals surface area contributed by atoms with Crippen LogP contribution in [0.5, 0.6) is 0 Å². The molecule has 1 aliphatic carbocycles. The van der Waals surface area contributed by atoms with Gasteiger partial charge in [0.2, 0.25) is 0 Å². The number of ether oxygens (including phenoxy) is 1. The van der Waals surface area contributed by atoms with Crippen LogP contribution in [-0.2, 0) is 17.6 Å². The Kier molecular flexibility index (Phi) is 5.88. The first-order valence-electron chi connectivity index (χ1n) is 11.5. The molecule has 0 saturated carbocycles. The van der Waals surface area contributed by atoms with Crippen LogP contribution in [0.3, 0.4) is 0 Å². The largest absolute Gasteiger partial charge is 0.385 e. The highest BCUT2D eigenvalue weighted by atomic mass is 16.5. The number of aromatic amines is 1. The van der Waals surface area contributed by atoms with Crippen molar-refractivity contribution in [3.63, 3.8) is 0 Å². The molecule has 0 aliphatic heterocycles. The number of hydrogen-bond donors (Lipinski definition) is 3. The van der Waals surface area contributed by atoms with Crippen LogP contribution in [0.25, 0.3) is 16.5 Å². The lowest BCUT2D eigenvalue weighted by atomic mass is 10.0. The summed E-state index contributed by atoms with van der Waals surface area (Å²) in [6.45, 7) is 7.02. The van der Waals surface area contributed by atoms with Crippen LogP contribution < -0.4 is 10.6 Å². The van der Waals surface area contributed by atoms with Crippen molar-refractivity contribution in [2.24, 2.45) is 0 Å². The molecule has 2 aromatic heterocycles. The summed E-state index contributed by atoms with van der Waals surface area (Å²) in [5.41, 5.74) is 10.4. The quantitative estimate of drug-likeness (QED) is 0.289. The fourth-order valence-electron chi connectivity index (χ4n) is 4.75. The number of nitrogens with zero attached hydrogens (tertiary/aromatic N) is 1. The molecule has 4 aromatic rings. The van der Waals surface area contributed by atoms with Gasteiger partial charge in [0.15, 0.2) is 0 Å². The summed E-state index contributed by atoms with van der Waals surface area (Å²) >= 11 is 0. The fourth-order valence-corrected chi connectivity index (χ4v) is 4.75. The Morgan fingerprint density at radius 1 is 1.15 bits per heavy atom. The van der Waals surface area contributed by atoms with E-state index in [2.05, 4.69) is 75.8 Å². The predicted molar refractivity (Wildman–Crippen MR) is 137 cm³/mol. The Morgan fingerprint density at radius 3 is 2.76 bits per heavy atom. The molecular weight excluding hydrogens is 408 g/mol. The first kappa shape index (κ1) is 21.3. The van der Waals surface area contributed by atoms with Crippen molar-refractivity contribution in [2.75, 3.05) is 24.3 Å². The molecule has 2 heterocycles. The zero-order valence-electron chi connectivity index (χ0n) is 19.2. The molecule has 3 N–H and O–H groups in total. The Labute approximate surface area is 194 Å². The number of benzene rings is 2. The monoisotopic (exact) mass is 438 g/mol.